The van der Waals surface area contributed by atoms with Gasteiger partial charge in [0, 0.05) is 16.8 Å². The van der Waals surface area contributed by atoms with Crippen molar-refractivity contribution >= 4 is 11.6 Å². The van der Waals surface area contributed by atoms with Gasteiger partial charge in [0.15, 0.2) is 0 Å². The summed E-state index contributed by atoms with van der Waals surface area (Å²) in [5.41, 5.74) is 2.46. The second-order valence-electron chi connectivity index (χ2n) is 4.75. The third-order valence-corrected chi connectivity index (χ3v) is 2.97. The standard InChI is InChI=1S/C17H13N5O/c23-17(12-22-13-18-20-21-22)19-16-8-4-7-15(11-16)10-9-14-5-2-1-3-6-14/h1-8,11,13H,12H2,(H,19,23). The lowest BCUT2D eigenvalue weighted by Gasteiger charge is -2.04. The van der Waals surface area contributed by atoms with E-state index >= 15 is 0 Å². The number of carbonyl (C=O) groups excluding carboxylic acids is 1. The summed E-state index contributed by atoms with van der Waals surface area (Å²) < 4.78 is 1.36. The van der Waals surface area contributed by atoms with Gasteiger partial charge in [-0.2, -0.15) is 0 Å². The molecule has 0 spiro atoms. The van der Waals surface area contributed by atoms with Gasteiger partial charge in [-0.15, -0.1) is 5.10 Å². The van der Waals surface area contributed by atoms with E-state index in [0.717, 1.165) is 11.1 Å². The van der Waals surface area contributed by atoms with Gasteiger partial charge in [0.1, 0.15) is 12.9 Å². The van der Waals surface area contributed by atoms with Gasteiger partial charge in [0.2, 0.25) is 5.91 Å². The predicted octanol–water partition coefficient (Wildman–Crippen LogP) is 1.71. The number of rotatable bonds is 3. The van der Waals surface area contributed by atoms with Crippen molar-refractivity contribution in [3.05, 3.63) is 72.1 Å². The van der Waals surface area contributed by atoms with E-state index < -0.39 is 0 Å². The molecule has 6 heteroatoms. The van der Waals surface area contributed by atoms with E-state index in [-0.39, 0.29) is 12.5 Å². The molecule has 0 aliphatic rings. The zero-order chi connectivity index (χ0) is 15.9. The van der Waals surface area contributed by atoms with Crippen LogP contribution in [0.1, 0.15) is 11.1 Å². The molecule has 1 amide bonds. The van der Waals surface area contributed by atoms with Crippen LogP contribution in [-0.4, -0.2) is 26.1 Å². The van der Waals surface area contributed by atoms with Crippen LogP contribution in [0, 0.1) is 11.8 Å². The molecule has 0 atom stereocenters. The molecule has 1 heterocycles. The first kappa shape index (κ1) is 14.5. The van der Waals surface area contributed by atoms with E-state index in [9.17, 15) is 4.79 Å². The maximum absolute atomic E-state index is 11.9. The largest absolute Gasteiger partial charge is 0.324 e. The van der Waals surface area contributed by atoms with Crippen LogP contribution in [0.5, 0.6) is 0 Å². The normalized spacial score (nSPS) is 9.74. The first-order chi connectivity index (χ1) is 11.3. The number of hydrogen-bond donors (Lipinski definition) is 1. The molecule has 112 valence electrons. The number of aromatic nitrogens is 4. The fourth-order valence-corrected chi connectivity index (χ4v) is 1.94. The van der Waals surface area contributed by atoms with Crippen LogP contribution in [0.2, 0.25) is 0 Å². The van der Waals surface area contributed by atoms with E-state index in [1.165, 1.54) is 11.0 Å². The Morgan fingerprint density at radius 1 is 1.04 bits per heavy atom. The third-order valence-electron chi connectivity index (χ3n) is 2.97. The summed E-state index contributed by atoms with van der Waals surface area (Å²) in [6.45, 7) is 0.0624. The Labute approximate surface area is 133 Å². The minimum absolute atomic E-state index is 0.0624. The quantitative estimate of drug-likeness (QED) is 0.748. The Bertz CT molecular complexity index is 847. The second-order valence-corrected chi connectivity index (χ2v) is 4.75. The van der Waals surface area contributed by atoms with Crippen LogP contribution in [0.15, 0.2) is 60.9 Å². The topological polar surface area (TPSA) is 72.7 Å². The van der Waals surface area contributed by atoms with Crippen LogP contribution in [0.4, 0.5) is 5.69 Å². The number of nitrogens with zero attached hydrogens (tertiary/aromatic N) is 4. The Hall–Kier alpha value is -3.46. The SMILES string of the molecule is O=C(Cn1cnnn1)Nc1cccc(C#Cc2ccccc2)c1. The maximum Gasteiger partial charge on any atom is 0.246 e. The molecule has 0 fully saturated rings. The van der Waals surface area contributed by atoms with E-state index in [1.54, 1.807) is 0 Å². The first-order valence-corrected chi connectivity index (χ1v) is 6.97. The van der Waals surface area contributed by atoms with E-state index in [2.05, 4.69) is 32.7 Å². The van der Waals surface area contributed by atoms with E-state index in [4.69, 9.17) is 0 Å². The summed E-state index contributed by atoms with van der Waals surface area (Å²) in [4.78, 5) is 11.9. The number of benzene rings is 2. The Kier molecular flexibility index (Phi) is 4.41. The molecule has 2 aromatic carbocycles. The fraction of sp³-hybridized carbons (Fsp3) is 0.0588. The molecule has 1 aromatic heterocycles. The molecular weight excluding hydrogens is 290 g/mol. The summed E-state index contributed by atoms with van der Waals surface area (Å²) in [5.74, 6) is 5.96. The summed E-state index contributed by atoms with van der Waals surface area (Å²) in [6.07, 6.45) is 1.39. The zero-order valence-electron chi connectivity index (χ0n) is 12.2. The van der Waals surface area contributed by atoms with Gasteiger partial charge in [0.25, 0.3) is 0 Å². The number of nitrogens with one attached hydrogen (secondary N) is 1. The third kappa shape index (κ3) is 4.25. The van der Waals surface area contributed by atoms with Crippen LogP contribution < -0.4 is 5.32 Å². The highest BCUT2D eigenvalue weighted by Crippen LogP contribution is 2.10. The van der Waals surface area contributed by atoms with E-state index in [0.29, 0.717) is 5.69 Å². The maximum atomic E-state index is 11.9. The number of carbonyl (C=O) groups is 1. The highest BCUT2D eigenvalue weighted by molar-refractivity contribution is 5.90. The van der Waals surface area contributed by atoms with Crippen molar-refractivity contribution in [2.45, 2.75) is 6.54 Å². The van der Waals surface area contributed by atoms with Gasteiger partial charge in [0.05, 0.1) is 0 Å². The van der Waals surface area contributed by atoms with Crippen LogP contribution in [-0.2, 0) is 11.3 Å². The van der Waals surface area contributed by atoms with Gasteiger partial charge in [-0.1, -0.05) is 36.1 Å². The lowest BCUT2D eigenvalue weighted by Crippen LogP contribution is -2.19. The second kappa shape index (κ2) is 7.00. The molecule has 0 bridgehead atoms. The molecule has 0 saturated heterocycles. The molecule has 0 radical (unpaired) electrons. The van der Waals surface area contributed by atoms with Gasteiger partial charge in [-0.3, -0.25) is 4.79 Å². The average molecular weight is 303 g/mol. The lowest BCUT2D eigenvalue weighted by molar-refractivity contribution is -0.116. The highest BCUT2D eigenvalue weighted by atomic mass is 16.2. The molecule has 1 N–H and O–H groups in total. The van der Waals surface area contributed by atoms with Crippen LogP contribution >= 0.6 is 0 Å². The molecule has 3 aromatic rings. The monoisotopic (exact) mass is 303 g/mol. The first-order valence-electron chi connectivity index (χ1n) is 6.97. The summed E-state index contributed by atoms with van der Waals surface area (Å²) in [7, 11) is 0. The average Bonchev–Trinajstić information content (AvgIpc) is 3.07. The number of hydrogen-bond acceptors (Lipinski definition) is 4. The van der Waals surface area contributed by atoms with E-state index in [1.807, 2.05) is 54.6 Å². The molecule has 3 rings (SSSR count). The summed E-state index contributed by atoms with van der Waals surface area (Å²) in [6, 6.07) is 17.1. The highest BCUT2D eigenvalue weighted by Gasteiger charge is 2.04. The van der Waals surface area contributed by atoms with Crippen molar-refractivity contribution in [1.82, 2.24) is 20.2 Å². The van der Waals surface area contributed by atoms with Crippen molar-refractivity contribution in [2.24, 2.45) is 0 Å². The molecule has 0 unspecified atom stereocenters. The van der Waals surface area contributed by atoms with Crippen LogP contribution in [0.25, 0.3) is 0 Å². The molecular formula is C17H13N5O. The number of tetrazole rings is 1. The molecule has 0 aliphatic heterocycles. The number of anilines is 1. The van der Waals surface area contributed by atoms with Crippen LogP contribution in [0.3, 0.4) is 0 Å². The molecule has 6 nitrogen and oxygen atoms in total. The molecule has 0 saturated carbocycles. The minimum atomic E-state index is -0.203. The van der Waals surface area contributed by atoms with Gasteiger partial charge in [-0.05, 0) is 40.8 Å². The smallest absolute Gasteiger partial charge is 0.246 e. The number of amides is 1. The fourth-order valence-electron chi connectivity index (χ4n) is 1.94. The van der Waals surface area contributed by atoms with Crippen molar-refractivity contribution in [3.63, 3.8) is 0 Å². The summed E-state index contributed by atoms with van der Waals surface area (Å²) >= 11 is 0. The van der Waals surface area contributed by atoms with Crippen molar-refractivity contribution < 1.29 is 4.79 Å². The van der Waals surface area contributed by atoms with Gasteiger partial charge >= 0.3 is 0 Å². The Morgan fingerprint density at radius 2 is 1.83 bits per heavy atom. The Morgan fingerprint density at radius 3 is 2.61 bits per heavy atom. The lowest BCUT2D eigenvalue weighted by atomic mass is 10.1. The van der Waals surface area contributed by atoms with Gasteiger partial charge in [-0.25, -0.2) is 4.68 Å². The van der Waals surface area contributed by atoms with Crippen molar-refractivity contribution in [3.8, 4) is 11.8 Å². The van der Waals surface area contributed by atoms with Crippen molar-refractivity contribution in [2.75, 3.05) is 5.32 Å². The minimum Gasteiger partial charge on any atom is -0.324 e. The molecule has 0 aliphatic carbocycles. The zero-order valence-corrected chi connectivity index (χ0v) is 12.2. The molecule has 23 heavy (non-hydrogen) atoms. The Balaban J connectivity index is 1.68. The summed E-state index contributed by atoms with van der Waals surface area (Å²) in [5, 5.41) is 13.4. The predicted molar refractivity (Wildman–Crippen MR) is 85.3 cm³/mol. The van der Waals surface area contributed by atoms with Crippen molar-refractivity contribution in [1.29, 1.82) is 0 Å². The van der Waals surface area contributed by atoms with Gasteiger partial charge < -0.3 is 5.32 Å².